The van der Waals surface area contributed by atoms with Crippen molar-refractivity contribution in [1.82, 2.24) is 15.1 Å². The Morgan fingerprint density at radius 1 is 1.32 bits per heavy atom. The van der Waals surface area contributed by atoms with Crippen molar-refractivity contribution < 1.29 is 9.59 Å². The summed E-state index contributed by atoms with van der Waals surface area (Å²) in [6, 6.07) is 8.18. The maximum absolute atomic E-state index is 12.4. The lowest BCUT2D eigenvalue weighted by Crippen LogP contribution is -2.31. The molecule has 1 aromatic heterocycles. The van der Waals surface area contributed by atoms with Crippen LogP contribution in [0.2, 0.25) is 0 Å². The van der Waals surface area contributed by atoms with Crippen molar-refractivity contribution in [2.45, 2.75) is 39.3 Å². The van der Waals surface area contributed by atoms with Crippen LogP contribution in [0.1, 0.15) is 47.9 Å². The Hall–Kier alpha value is -2.96. The molecular weight excluding hydrogens is 320 g/mol. The number of amides is 2. The van der Waals surface area contributed by atoms with E-state index in [1.165, 1.54) is 16.8 Å². The van der Waals surface area contributed by atoms with Gasteiger partial charge < -0.3 is 10.6 Å². The van der Waals surface area contributed by atoms with Crippen molar-refractivity contribution in [2.75, 3.05) is 5.32 Å². The number of fused-ring (bicyclic) bond motifs is 1. The number of hydrogen-bond acceptors (Lipinski definition) is 4. The molecule has 0 bridgehead atoms. The van der Waals surface area contributed by atoms with Crippen LogP contribution in [0.3, 0.4) is 0 Å². The van der Waals surface area contributed by atoms with Gasteiger partial charge in [0.15, 0.2) is 0 Å². The Labute approximate surface area is 145 Å². The van der Waals surface area contributed by atoms with Crippen LogP contribution in [0.4, 0.5) is 5.69 Å². The molecular formula is C18H20N4O3. The number of aryl methyl sites for hydroxylation is 1. The summed E-state index contributed by atoms with van der Waals surface area (Å²) in [5.41, 5.74) is 2.64. The van der Waals surface area contributed by atoms with E-state index in [-0.39, 0.29) is 29.1 Å². The molecule has 2 aromatic rings. The van der Waals surface area contributed by atoms with E-state index in [1.54, 1.807) is 0 Å². The summed E-state index contributed by atoms with van der Waals surface area (Å²) < 4.78 is 1.30. The summed E-state index contributed by atoms with van der Waals surface area (Å²) in [5.74, 6) is -0.363. The van der Waals surface area contributed by atoms with Crippen LogP contribution in [0.15, 0.2) is 35.1 Å². The van der Waals surface area contributed by atoms with Gasteiger partial charge in [-0.25, -0.2) is 4.68 Å². The second-order valence-electron chi connectivity index (χ2n) is 6.12. The Balaban J connectivity index is 1.75. The Kier molecular flexibility index (Phi) is 4.65. The molecule has 2 N–H and O–H groups in total. The molecule has 25 heavy (non-hydrogen) atoms. The zero-order chi connectivity index (χ0) is 18.0. The lowest BCUT2D eigenvalue weighted by Gasteiger charge is -2.15. The van der Waals surface area contributed by atoms with E-state index >= 15 is 0 Å². The third kappa shape index (κ3) is 3.60. The van der Waals surface area contributed by atoms with E-state index in [9.17, 15) is 14.4 Å². The van der Waals surface area contributed by atoms with Crippen molar-refractivity contribution in [3.63, 3.8) is 0 Å². The molecule has 0 saturated heterocycles. The minimum atomic E-state index is -0.341. The van der Waals surface area contributed by atoms with Crippen LogP contribution < -0.4 is 16.2 Å². The highest BCUT2D eigenvalue weighted by Gasteiger charge is 2.20. The van der Waals surface area contributed by atoms with Gasteiger partial charge in [-0.2, -0.15) is 5.10 Å². The van der Waals surface area contributed by atoms with Crippen molar-refractivity contribution >= 4 is 17.5 Å². The summed E-state index contributed by atoms with van der Waals surface area (Å²) in [7, 11) is 0. The normalized spacial score (nSPS) is 13.9. The molecule has 0 spiro atoms. The van der Waals surface area contributed by atoms with E-state index in [2.05, 4.69) is 15.7 Å². The maximum atomic E-state index is 12.4. The zero-order valence-electron chi connectivity index (χ0n) is 14.2. The van der Waals surface area contributed by atoms with Crippen molar-refractivity contribution in [2.24, 2.45) is 0 Å². The van der Waals surface area contributed by atoms with Gasteiger partial charge in [0.1, 0.15) is 5.69 Å². The average Bonchev–Trinajstić information content (AvgIpc) is 2.96. The zero-order valence-corrected chi connectivity index (χ0v) is 14.2. The molecule has 1 aliphatic heterocycles. The quantitative estimate of drug-likeness (QED) is 0.865. The van der Waals surface area contributed by atoms with E-state index in [0.29, 0.717) is 13.0 Å². The Bertz CT molecular complexity index is 888. The minimum absolute atomic E-state index is 0.0220. The van der Waals surface area contributed by atoms with Crippen LogP contribution in [-0.2, 0) is 17.8 Å². The van der Waals surface area contributed by atoms with Gasteiger partial charge in [0, 0.05) is 18.3 Å². The first kappa shape index (κ1) is 16.9. The lowest BCUT2D eigenvalue weighted by molar-refractivity contribution is -0.115. The van der Waals surface area contributed by atoms with Gasteiger partial charge >= 0.3 is 0 Å². The molecule has 2 heterocycles. The summed E-state index contributed by atoms with van der Waals surface area (Å²) in [5, 5.41) is 9.78. The number of anilines is 1. The van der Waals surface area contributed by atoms with Crippen LogP contribution in [-0.4, -0.2) is 21.6 Å². The molecule has 0 saturated carbocycles. The first-order chi connectivity index (χ1) is 12.0. The predicted octanol–water partition coefficient (Wildman–Crippen LogP) is 1.64. The summed E-state index contributed by atoms with van der Waals surface area (Å²) in [6.07, 6.45) is 1.11. The van der Waals surface area contributed by atoms with Crippen molar-refractivity contribution in [3.05, 3.63) is 57.5 Å². The van der Waals surface area contributed by atoms with Gasteiger partial charge in [-0.05, 0) is 36.6 Å². The van der Waals surface area contributed by atoms with Crippen molar-refractivity contribution in [1.29, 1.82) is 0 Å². The summed E-state index contributed by atoms with van der Waals surface area (Å²) in [6.45, 7) is 4.28. The first-order valence-electron chi connectivity index (χ1n) is 8.29. The van der Waals surface area contributed by atoms with E-state index in [0.717, 1.165) is 23.2 Å². The first-order valence-corrected chi connectivity index (χ1v) is 8.29. The van der Waals surface area contributed by atoms with E-state index in [4.69, 9.17) is 0 Å². The minimum Gasteiger partial charge on any atom is -0.344 e. The van der Waals surface area contributed by atoms with Gasteiger partial charge in [0.05, 0.1) is 12.5 Å². The van der Waals surface area contributed by atoms with Crippen LogP contribution >= 0.6 is 0 Å². The van der Waals surface area contributed by atoms with Crippen LogP contribution in [0, 0.1) is 0 Å². The number of aromatic nitrogens is 2. The standard InChI is InChI=1S/C18H20N4O3/c1-3-8-22-17(24)7-6-15(21-22)18(25)19-11(2)12-4-5-14-13(9-12)10-16(23)20-14/h4-7,9,11H,3,8,10H2,1-2H3,(H,19,25)(H,20,23)/t11-/m1/s1. The molecule has 1 aromatic carbocycles. The smallest absolute Gasteiger partial charge is 0.272 e. The number of rotatable bonds is 5. The fraction of sp³-hybridized carbons (Fsp3) is 0.333. The van der Waals surface area contributed by atoms with Gasteiger partial charge in [0.2, 0.25) is 5.91 Å². The summed E-state index contributed by atoms with van der Waals surface area (Å²) >= 11 is 0. The van der Waals surface area contributed by atoms with Crippen LogP contribution in [0.5, 0.6) is 0 Å². The largest absolute Gasteiger partial charge is 0.344 e. The number of nitrogens with one attached hydrogen (secondary N) is 2. The van der Waals surface area contributed by atoms with Gasteiger partial charge in [-0.3, -0.25) is 14.4 Å². The molecule has 3 rings (SSSR count). The highest BCUT2D eigenvalue weighted by molar-refractivity contribution is 5.99. The molecule has 2 amide bonds. The molecule has 0 aliphatic carbocycles. The number of carbonyl (C=O) groups excluding carboxylic acids is 2. The number of hydrogen-bond donors (Lipinski definition) is 2. The SMILES string of the molecule is CCCn1nc(C(=O)N[C@H](C)c2ccc3c(c2)CC(=O)N3)ccc1=O. The molecule has 0 radical (unpaired) electrons. The third-order valence-corrected chi connectivity index (χ3v) is 4.14. The van der Waals surface area contributed by atoms with Gasteiger partial charge in [0.25, 0.3) is 11.5 Å². The van der Waals surface area contributed by atoms with Gasteiger partial charge in [-0.1, -0.05) is 19.1 Å². The molecule has 7 heteroatoms. The van der Waals surface area contributed by atoms with E-state index in [1.807, 2.05) is 32.0 Å². The topological polar surface area (TPSA) is 93.1 Å². The predicted molar refractivity (Wildman–Crippen MR) is 93.4 cm³/mol. The highest BCUT2D eigenvalue weighted by atomic mass is 16.2. The third-order valence-electron chi connectivity index (χ3n) is 4.14. The fourth-order valence-corrected chi connectivity index (χ4v) is 2.81. The molecule has 0 unspecified atom stereocenters. The average molecular weight is 340 g/mol. The maximum Gasteiger partial charge on any atom is 0.272 e. The molecule has 1 atom stereocenters. The van der Waals surface area contributed by atoms with Gasteiger partial charge in [-0.15, -0.1) is 0 Å². The van der Waals surface area contributed by atoms with Crippen molar-refractivity contribution in [3.8, 4) is 0 Å². The Morgan fingerprint density at radius 3 is 2.88 bits per heavy atom. The van der Waals surface area contributed by atoms with E-state index < -0.39 is 0 Å². The monoisotopic (exact) mass is 340 g/mol. The number of nitrogens with zero attached hydrogens (tertiary/aromatic N) is 2. The Morgan fingerprint density at radius 2 is 2.12 bits per heavy atom. The highest BCUT2D eigenvalue weighted by Crippen LogP contribution is 2.26. The second kappa shape index (κ2) is 6.88. The number of carbonyl (C=O) groups is 2. The number of benzene rings is 1. The molecule has 130 valence electrons. The lowest BCUT2D eigenvalue weighted by atomic mass is 10.0. The summed E-state index contributed by atoms with van der Waals surface area (Å²) in [4.78, 5) is 35.6. The fourth-order valence-electron chi connectivity index (χ4n) is 2.81. The molecule has 7 nitrogen and oxygen atoms in total. The molecule has 1 aliphatic rings. The second-order valence-corrected chi connectivity index (χ2v) is 6.12. The van der Waals surface area contributed by atoms with Crippen LogP contribution in [0.25, 0.3) is 0 Å². The molecule has 0 fully saturated rings.